The molecule has 1 saturated heterocycles. The number of aliphatic hydroxyl groups is 1. The van der Waals surface area contributed by atoms with Crippen LogP contribution >= 0.6 is 0 Å². The maximum Gasteiger partial charge on any atom is 0.433 e. The summed E-state index contributed by atoms with van der Waals surface area (Å²) in [5, 5.41) is 19.0. The highest BCUT2D eigenvalue weighted by atomic mass is 19.4. The van der Waals surface area contributed by atoms with Crippen molar-refractivity contribution < 1.29 is 18.3 Å². The second kappa shape index (κ2) is 4.88. The van der Waals surface area contributed by atoms with Gasteiger partial charge in [0.15, 0.2) is 0 Å². The van der Waals surface area contributed by atoms with E-state index in [-0.39, 0.29) is 23.2 Å². The van der Waals surface area contributed by atoms with Crippen LogP contribution in [0.25, 0.3) is 0 Å². The molecule has 3 unspecified atom stereocenters. The monoisotopic (exact) mass is 297 g/mol. The summed E-state index contributed by atoms with van der Waals surface area (Å²) in [5.41, 5.74) is -0.855. The molecule has 0 amide bonds. The third-order valence-corrected chi connectivity index (χ3v) is 4.40. The highest BCUT2D eigenvalue weighted by Gasteiger charge is 2.43. The zero-order valence-electron chi connectivity index (χ0n) is 11.1. The molecule has 1 saturated carbocycles. The molecule has 3 rings (SSSR count). The fraction of sp³-hybridized carbons (Fsp3) is 0.571. The van der Waals surface area contributed by atoms with Crippen molar-refractivity contribution in [1.82, 2.24) is 4.98 Å². The Balaban J connectivity index is 1.93. The van der Waals surface area contributed by atoms with Gasteiger partial charge in [-0.15, -0.1) is 0 Å². The molecule has 21 heavy (non-hydrogen) atoms. The second-order valence-electron chi connectivity index (χ2n) is 5.65. The van der Waals surface area contributed by atoms with Crippen LogP contribution in [0.1, 0.15) is 24.1 Å². The van der Waals surface area contributed by atoms with Crippen LogP contribution in [-0.4, -0.2) is 29.3 Å². The van der Waals surface area contributed by atoms with Crippen molar-refractivity contribution in [1.29, 1.82) is 5.26 Å². The first kappa shape index (κ1) is 14.1. The smallest absolute Gasteiger partial charge is 0.393 e. The number of alkyl halides is 3. The van der Waals surface area contributed by atoms with E-state index in [9.17, 15) is 18.3 Å². The summed E-state index contributed by atoms with van der Waals surface area (Å²) in [6.45, 7) is 1.000. The van der Waals surface area contributed by atoms with Gasteiger partial charge >= 0.3 is 6.18 Å². The normalized spacial score (nSPS) is 28.5. The molecule has 2 aliphatic rings. The Morgan fingerprint density at radius 1 is 1.29 bits per heavy atom. The molecule has 3 atom stereocenters. The Kier molecular flexibility index (Phi) is 3.29. The third-order valence-electron chi connectivity index (χ3n) is 4.40. The molecule has 1 aliphatic carbocycles. The summed E-state index contributed by atoms with van der Waals surface area (Å²) in [6.07, 6.45) is -3.33. The Morgan fingerprint density at radius 2 is 2.05 bits per heavy atom. The zero-order chi connectivity index (χ0) is 15.2. The molecule has 2 heterocycles. The van der Waals surface area contributed by atoms with Gasteiger partial charge in [0.25, 0.3) is 0 Å². The number of anilines is 1. The van der Waals surface area contributed by atoms with Crippen LogP contribution in [0.4, 0.5) is 19.0 Å². The van der Waals surface area contributed by atoms with Gasteiger partial charge in [0.05, 0.1) is 11.7 Å². The van der Waals surface area contributed by atoms with E-state index in [0.29, 0.717) is 13.1 Å². The van der Waals surface area contributed by atoms with Gasteiger partial charge in [0.2, 0.25) is 0 Å². The van der Waals surface area contributed by atoms with Gasteiger partial charge in [-0.1, -0.05) is 0 Å². The molecule has 1 N–H and O–H groups in total. The maximum absolute atomic E-state index is 12.8. The summed E-state index contributed by atoms with van der Waals surface area (Å²) in [4.78, 5) is 5.35. The zero-order valence-corrected chi connectivity index (χ0v) is 11.1. The Hall–Kier alpha value is -1.81. The van der Waals surface area contributed by atoms with Crippen molar-refractivity contribution >= 4 is 5.82 Å². The van der Waals surface area contributed by atoms with Crippen molar-refractivity contribution in [3.8, 4) is 6.07 Å². The number of aromatic nitrogens is 1. The summed E-state index contributed by atoms with van der Waals surface area (Å²) in [6, 6.07) is 3.88. The molecule has 2 fully saturated rings. The van der Waals surface area contributed by atoms with Crippen molar-refractivity contribution in [3.63, 3.8) is 0 Å². The number of rotatable bonds is 1. The lowest BCUT2D eigenvalue weighted by Gasteiger charge is -2.21. The molecule has 4 nitrogen and oxygen atoms in total. The van der Waals surface area contributed by atoms with E-state index >= 15 is 0 Å². The van der Waals surface area contributed by atoms with Gasteiger partial charge in [-0.3, -0.25) is 0 Å². The quantitative estimate of drug-likeness (QED) is 0.863. The highest BCUT2D eigenvalue weighted by molar-refractivity contribution is 5.55. The molecular weight excluding hydrogens is 283 g/mol. The first-order chi connectivity index (χ1) is 9.90. The topological polar surface area (TPSA) is 60.2 Å². The van der Waals surface area contributed by atoms with Crippen molar-refractivity contribution in [2.75, 3.05) is 18.0 Å². The lowest BCUT2D eigenvalue weighted by atomic mass is 10.00. The van der Waals surface area contributed by atoms with Crippen LogP contribution in [-0.2, 0) is 6.18 Å². The highest BCUT2D eigenvalue weighted by Crippen LogP contribution is 2.40. The maximum atomic E-state index is 12.8. The minimum absolute atomic E-state index is 0.0629. The fourth-order valence-corrected chi connectivity index (χ4v) is 3.34. The molecule has 7 heteroatoms. The van der Waals surface area contributed by atoms with E-state index in [0.717, 1.165) is 25.0 Å². The molecular formula is C14H14F3N3O. The number of hydrogen-bond donors (Lipinski definition) is 1. The average Bonchev–Trinajstić information content (AvgIpc) is 3.00. The van der Waals surface area contributed by atoms with Crippen LogP contribution in [0.3, 0.4) is 0 Å². The average molecular weight is 297 g/mol. The summed E-state index contributed by atoms with van der Waals surface area (Å²) < 4.78 is 38.3. The number of fused-ring (bicyclic) bond motifs is 1. The third kappa shape index (κ3) is 2.44. The standard InChI is InChI=1S/C14H14F3N3O/c15-14(16,17)12-4-2-8(5-18)13(19-12)20-6-9-1-3-11(21)10(9)7-20/h2,4,9-11,21H,1,3,6-7H2. The largest absolute Gasteiger partial charge is 0.433 e. The van der Waals surface area contributed by atoms with Crippen LogP contribution in [0.15, 0.2) is 12.1 Å². The lowest BCUT2D eigenvalue weighted by Crippen LogP contribution is -2.26. The molecule has 0 aromatic carbocycles. The van der Waals surface area contributed by atoms with E-state index in [1.54, 1.807) is 4.90 Å². The van der Waals surface area contributed by atoms with Gasteiger partial charge in [-0.25, -0.2) is 4.98 Å². The van der Waals surface area contributed by atoms with Gasteiger partial charge in [-0.05, 0) is 30.9 Å². The number of pyridine rings is 1. The van der Waals surface area contributed by atoms with Crippen molar-refractivity contribution in [2.24, 2.45) is 11.8 Å². The second-order valence-corrected chi connectivity index (χ2v) is 5.65. The number of nitrogens with zero attached hydrogens (tertiary/aromatic N) is 3. The van der Waals surface area contributed by atoms with Gasteiger partial charge in [0, 0.05) is 19.0 Å². The van der Waals surface area contributed by atoms with Gasteiger partial charge in [-0.2, -0.15) is 18.4 Å². The van der Waals surface area contributed by atoms with Crippen molar-refractivity contribution in [2.45, 2.75) is 25.1 Å². The van der Waals surface area contributed by atoms with Crippen LogP contribution in [0, 0.1) is 23.2 Å². The van der Waals surface area contributed by atoms with Crippen molar-refractivity contribution in [3.05, 3.63) is 23.4 Å². The fourth-order valence-electron chi connectivity index (χ4n) is 3.34. The van der Waals surface area contributed by atoms with Crippen LogP contribution in [0.5, 0.6) is 0 Å². The predicted molar refractivity (Wildman–Crippen MR) is 68.4 cm³/mol. The first-order valence-electron chi connectivity index (χ1n) is 6.81. The SMILES string of the molecule is N#Cc1ccc(C(F)(F)F)nc1N1CC2CCC(O)C2C1. The molecule has 112 valence electrons. The van der Waals surface area contributed by atoms with E-state index in [1.165, 1.54) is 0 Å². The van der Waals surface area contributed by atoms with E-state index in [2.05, 4.69) is 4.98 Å². The van der Waals surface area contributed by atoms with Gasteiger partial charge < -0.3 is 10.0 Å². The molecule has 0 spiro atoms. The number of halogens is 3. The molecule has 1 aromatic heterocycles. The molecule has 1 aromatic rings. The molecule has 0 radical (unpaired) electrons. The number of aliphatic hydroxyl groups excluding tert-OH is 1. The van der Waals surface area contributed by atoms with Gasteiger partial charge in [0.1, 0.15) is 17.6 Å². The Bertz CT molecular complexity index is 596. The predicted octanol–water partition coefficient (Wildman–Crippen LogP) is 2.18. The Morgan fingerprint density at radius 3 is 2.67 bits per heavy atom. The summed E-state index contributed by atoms with van der Waals surface area (Å²) in [7, 11) is 0. The molecule has 0 bridgehead atoms. The Labute approximate surface area is 119 Å². The number of nitriles is 1. The van der Waals surface area contributed by atoms with Crippen LogP contribution < -0.4 is 4.90 Å². The molecule has 1 aliphatic heterocycles. The van der Waals surface area contributed by atoms with E-state index in [1.807, 2.05) is 6.07 Å². The summed E-state index contributed by atoms with van der Waals surface area (Å²) >= 11 is 0. The first-order valence-corrected chi connectivity index (χ1v) is 6.81. The number of hydrogen-bond acceptors (Lipinski definition) is 4. The summed E-state index contributed by atoms with van der Waals surface area (Å²) in [5.74, 6) is 0.407. The minimum atomic E-state index is -4.53. The minimum Gasteiger partial charge on any atom is -0.393 e. The van der Waals surface area contributed by atoms with E-state index < -0.39 is 18.0 Å². The van der Waals surface area contributed by atoms with E-state index in [4.69, 9.17) is 5.26 Å². The van der Waals surface area contributed by atoms with Crippen LogP contribution in [0.2, 0.25) is 0 Å². The lowest BCUT2D eigenvalue weighted by molar-refractivity contribution is -0.141.